The summed E-state index contributed by atoms with van der Waals surface area (Å²) in [6.07, 6.45) is 3.84. The SMILES string of the molecule is CC(C)CCNC(=O)c1cnc(NCc2ccccc2F)nc1. The van der Waals surface area contributed by atoms with Crippen LogP contribution in [0.5, 0.6) is 0 Å². The van der Waals surface area contributed by atoms with E-state index in [1.54, 1.807) is 18.2 Å². The van der Waals surface area contributed by atoms with Crippen molar-refractivity contribution in [1.29, 1.82) is 0 Å². The van der Waals surface area contributed by atoms with Gasteiger partial charge < -0.3 is 10.6 Å². The van der Waals surface area contributed by atoms with Crippen LogP contribution >= 0.6 is 0 Å². The topological polar surface area (TPSA) is 66.9 Å². The second-order valence-electron chi connectivity index (χ2n) is 5.68. The first-order chi connectivity index (χ1) is 11.1. The Bertz CT molecular complexity index is 643. The van der Waals surface area contributed by atoms with Crippen molar-refractivity contribution in [3.8, 4) is 0 Å². The van der Waals surface area contributed by atoms with Crippen molar-refractivity contribution in [2.75, 3.05) is 11.9 Å². The highest BCUT2D eigenvalue weighted by Gasteiger charge is 2.07. The van der Waals surface area contributed by atoms with Crippen LogP contribution in [0.3, 0.4) is 0 Å². The Labute approximate surface area is 135 Å². The van der Waals surface area contributed by atoms with Crippen molar-refractivity contribution in [2.24, 2.45) is 5.92 Å². The maximum atomic E-state index is 13.5. The molecule has 0 aliphatic carbocycles. The highest BCUT2D eigenvalue weighted by atomic mass is 19.1. The number of anilines is 1. The number of carbonyl (C=O) groups excluding carboxylic acids is 1. The lowest BCUT2D eigenvalue weighted by atomic mass is 10.1. The Morgan fingerprint density at radius 2 is 1.91 bits per heavy atom. The summed E-state index contributed by atoms with van der Waals surface area (Å²) in [6, 6.07) is 6.51. The molecule has 122 valence electrons. The first-order valence-electron chi connectivity index (χ1n) is 7.64. The molecule has 0 fully saturated rings. The van der Waals surface area contributed by atoms with E-state index in [0.29, 0.717) is 29.5 Å². The van der Waals surface area contributed by atoms with Crippen LogP contribution in [0, 0.1) is 11.7 Å². The van der Waals surface area contributed by atoms with E-state index in [1.165, 1.54) is 18.5 Å². The van der Waals surface area contributed by atoms with Crippen molar-refractivity contribution in [3.63, 3.8) is 0 Å². The normalized spacial score (nSPS) is 10.6. The van der Waals surface area contributed by atoms with E-state index in [2.05, 4.69) is 34.4 Å². The van der Waals surface area contributed by atoms with Crippen molar-refractivity contribution < 1.29 is 9.18 Å². The number of hydrogen-bond acceptors (Lipinski definition) is 4. The van der Waals surface area contributed by atoms with Gasteiger partial charge in [-0.15, -0.1) is 0 Å². The molecule has 0 bridgehead atoms. The molecule has 0 unspecified atom stereocenters. The highest BCUT2D eigenvalue weighted by Crippen LogP contribution is 2.08. The summed E-state index contributed by atoms with van der Waals surface area (Å²) in [5.74, 6) is 0.427. The van der Waals surface area contributed by atoms with Crippen molar-refractivity contribution >= 4 is 11.9 Å². The van der Waals surface area contributed by atoms with E-state index in [4.69, 9.17) is 0 Å². The van der Waals surface area contributed by atoms with Gasteiger partial charge in [0.2, 0.25) is 5.95 Å². The molecule has 2 aromatic rings. The van der Waals surface area contributed by atoms with Gasteiger partial charge in [0, 0.05) is 31.0 Å². The molecule has 6 heteroatoms. The van der Waals surface area contributed by atoms with Crippen LogP contribution in [0.2, 0.25) is 0 Å². The summed E-state index contributed by atoms with van der Waals surface area (Å²) >= 11 is 0. The van der Waals surface area contributed by atoms with E-state index in [0.717, 1.165) is 6.42 Å². The average Bonchev–Trinajstić information content (AvgIpc) is 2.54. The number of nitrogens with one attached hydrogen (secondary N) is 2. The molecule has 1 amide bonds. The lowest BCUT2D eigenvalue weighted by Gasteiger charge is -2.08. The molecule has 0 saturated heterocycles. The second kappa shape index (κ2) is 8.22. The van der Waals surface area contributed by atoms with Gasteiger partial charge in [-0.3, -0.25) is 4.79 Å². The lowest BCUT2D eigenvalue weighted by Crippen LogP contribution is -2.25. The summed E-state index contributed by atoms with van der Waals surface area (Å²) in [4.78, 5) is 20.1. The molecule has 0 aliphatic heterocycles. The predicted molar refractivity (Wildman–Crippen MR) is 87.5 cm³/mol. The largest absolute Gasteiger partial charge is 0.352 e. The molecule has 0 aliphatic rings. The molecular weight excluding hydrogens is 295 g/mol. The molecule has 0 radical (unpaired) electrons. The third-order valence-corrected chi connectivity index (χ3v) is 3.32. The van der Waals surface area contributed by atoms with Crippen LogP contribution < -0.4 is 10.6 Å². The van der Waals surface area contributed by atoms with Gasteiger partial charge in [0.1, 0.15) is 5.82 Å². The minimum atomic E-state index is -0.277. The van der Waals surface area contributed by atoms with E-state index in [9.17, 15) is 9.18 Å². The standard InChI is InChI=1S/C17H21FN4O/c1-12(2)7-8-19-16(23)14-10-21-17(22-11-14)20-9-13-5-3-4-6-15(13)18/h3-6,10-12H,7-9H2,1-2H3,(H,19,23)(H,20,21,22). The smallest absolute Gasteiger partial charge is 0.254 e. The molecule has 0 atom stereocenters. The third-order valence-electron chi connectivity index (χ3n) is 3.32. The number of amides is 1. The Morgan fingerprint density at radius 3 is 2.57 bits per heavy atom. The Balaban J connectivity index is 1.87. The predicted octanol–water partition coefficient (Wildman–Crippen LogP) is 3.00. The first kappa shape index (κ1) is 16.9. The molecule has 23 heavy (non-hydrogen) atoms. The van der Waals surface area contributed by atoms with Crippen LogP contribution in [-0.4, -0.2) is 22.4 Å². The fourth-order valence-corrected chi connectivity index (χ4v) is 1.93. The van der Waals surface area contributed by atoms with Crippen LogP contribution in [0.25, 0.3) is 0 Å². The van der Waals surface area contributed by atoms with Crippen molar-refractivity contribution in [3.05, 3.63) is 53.6 Å². The third kappa shape index (κ3) is 5.32. The number of benzene rings is 1. The van der Waals surface area contributed by atoms with Crippen LogP contribution in [0.1, 0.15) is 36.2 Å². The van der Waals surface area contributed by atoms with Gasteiger partial charge >= 0.3 is 0 Å². The number of hydrogen-bond donors (Lipinski definition) is 2. The molecule has 2 N–H and O–H groups in total. The molecule has 5 nitrogen and oxygen atoms in total. The van der Waals surface area contributed by atoms with Gasteiger partial charge in [-0.05, 0) is 18.4 Å². The molecule has 1 heterocycles. The average molecular weight is 316 g/mol. The fourth-order valence-electron chi connectivity index (χ4n) is 1.93. The van der Waals surface area contributed by atoms with Gasteiger partial charge in [-0.1, -0.05) is 32.0 Å². The molecule has 0 saturated carbocycles. The van der Waals surface area contributed by atoms with Crippen molar-refractivity contribution in [2.45, 2.75) is 26.8 Å². The van der Waals surface area contributed by atoms with Crippen LogP contribution in [0.4, 0.5) is 10.3 Å². The number of carbonyl (C=O) groups is 1. The molecule has 2 rings (SSSR count). The van der Waals surface area contributed by atoms with Gasteiger partial charge in [-0.25, -0.2) is 14.4 Å². The summed E-state index contributed by atoms with van der Waals surface area (Å²) < 4.78 is 13.5. The number of halogens is 1. The lowest BCUT2D eigenvalue weighted by molar-refractivity contribution is 0.0951. The first-order valence-corrected chi connectivity index (χ1v) is 7.64. The zero-order valence-electron chi connectivity index (χ0n) is 13.3. The summed E-state index contributed by atoms with van der Waals surface area (Å²) in [5, 5.41) is 5.76. The number of rotatable bonds is 7. The summed E-state index contributed by atoms with van der Waals surface area (Å²) in [5.41, 5.74) is 0.941. The van der Waals surface area contributed by atoms with E-state index < -0.39 is 0 Å². The second-order valence-corrected chi connectivity index (χ2v) is 5.68. The van der Waals surface area contributed by atoms with Gasteiger partial charge in [0.05, 0.1) is 5.56 Å². The molecule has 1 aromatic carbocycles. The Kier molecular flexibility index (Phi) is 6.02. The van der Waals surface area contributed by atoms with Crippen molar-refractivity contribution in [1.82, 2.24) is 15.3 Å². The minimum Gasteiger partial charge on any atom is -0.352 e. The quantitative estimate of drug-likeness (QED) is 0.824. The number of aromatic nitrogens is 2. The fraction of sp³-hybridized carbons (Fsp3) is 0.353. The van der Waals surface area contributed by atoms with Gasteiger partial charge in [-0.2, -0.15) is 0 Å². The Morgan fingerprint density at radius 1 is 1.22 bits per heavy atom. The molecular formula is C17H21FN4O. The van der Waals surface area contributed by atoms with Crippen LogP contribution in [-0.2, 0) is 6.54 Å². The molecule has 1 aromatic heterocycles. The summed E-state index contributed by atoms with van der Waals surface area (Å²) in [7, 11) is 0. The monoisotopic (exact) mass is 316 g/mol. The Hall–Kier alpha value is -2.50. The maximum absolute atomic E-state index is 13.5. The van der Waals surface area contributed by atoms with E-state index in [-0.39, 0.29) is 18.3 Å². The van der Waals surface area contributed by atoms with E-state index in [1.807, 2.05) is 0 Å². The highest BCUT2D eigenvalue weighted by molar-refractivity contribution is 5.93. The van der Waals surface area contributed by atoms with Gasteiger partial charge in [0.15, 0.2) is 0 Å². The summed E-state index contributed by atoms with van der Waals surface area (Å²) in [6.45, 7) is 5.12. The minimum absolute atomic E-state index is 0.189. The molecule has 0 spiro atoms. The zero-order chi connectivity index (χ0) is 16.7. The van der Waals surface area contributed by atoms with Gasteiger partial charge in [0.25, 0.3) is 5.91 Å². The number of nitrogens with zero attached hydrogens (tertiary/aromatic N) is 2. The van der Waals surface area contributed by atoms with E-state index >= 15 is 0 Å². The maximum Gasteiger partial charge on any atom is 0.254 e. The zero-order valence-corrected chi connectivity index (χ0v) is 13.3. The van der Waals surface area contributed by atoms with Crippen LogP contribution in [0.15, 0.2) is 36.7 Å².